The average molecular weight is 391 g/mol. The van der Waals surface area contributed by atoms with Gasteiger partial charge in [-0.1, -0.05) is 39.7 Å². The van der Waals surface area contributed by atoms with Gasteiger partial charge in [-0.2, -0.15) is 0 Å². The first kappa shape index (κ1) is 16.1. The van der Waals surface area contributed by atoms with Gasteiger partial charge in [-0.05, 0) is 35.9 Å². The van der Waals surface area contributed by atoms with Crippen LogP contribution < -0.4 is 9.46 Å². The minimum Gasteiger partial charge on any atom is -0.495 e. The molecule has 21 heavy (non-hydrogen) atoms. The summed E-state index contributed by atoms with van der Waals surface area (Å²) in [5, 5.41) is 1.02. The van der Waals surface area contributed by atoms with Gasteiger partial charge < -0.3 is 4.74 Å². The summed E-state index contributed by atoms with van der Waals surface area (Å²) >= 11 is 9.30. The molecule has 0 heterocycles. The lowest BCUT2D eigenvalue weighted by atomic mass is 10.2. The summed E-state index contributed by atoms with van der Waals surface area (Å²) in [5.41, 5.74) is 1.38. The minimum atomic E-state index is -3.64. The highest BCUT2D eigenvalue weighted by atomic mass is 79.9. The maximum absolute atomic E-state index is 12.3. The summed E-state index contributed by atoms with van der Waals surface area (Å²) in [4.78, 5) is 0.194. The van der Waals surface area contributed by atoms with Crippen LogP contribution in [0.2, 0.25) is 5.02 Å². The molecule has 0 aromatic heterocycles. The van der Waals surface area contributed by atoms with Crippen molar-refractivity contribution in [2.75, 3.05) is 11.8 Å². The number of benzene rings is 2. The van der Waals surface area contributed by atoms with E-state index in [1.54, 1.807) is 36.4 Å². The number of ether oxygens (including phenoxy) is 1. The number of nitrogens with one attached hydrogen (secondary N) is 1. The van der Waals surface area contributed by atoms with Crippen LogP contribution in [0.15, 0.2) is 47.4 Å². The Labute approximate surface area is 137 Å². The van der Waals surface area contributed by atoms with Crippen LogP contribution in [0.25, 0.3) is 0 Å². The van der Waals surface area contributed by atoms with Crippen molar-refractivity contribution >= 4 is 43.2 Å². The van der Waals surface area contributed by atoms with Crippen molar-refractivity contribution in [2.24, 2.45) is 0 Å². The second-order valence-electron chi connectivity index (χ2n) is 4.23. The van der Waals surface area contributed by atoms with Crippen LogP contribution in [0, 0.1) is 0 Å². The summed E-state index contributed by atoms with van der Waals surface area (Å²) in [7, 11) is -2.14. The Morgan fingerprint density at radius 3 is 2.38 bits per heavy atom. The van der Waals surface area contributed by atoms with Crippen molar-refractivity contribution in [2.45, 2.75) is 10.2 Å². The Balaban J connectivity index is 2.26. The van der Waals surface area contributed by atoms with Crippen LogP contribution in [0.4, 0.5) is 5.69 Å². The molecule has 2 aromatic carbocycles. The van der Waals surface area contributed by atoms with Gasteiger partial charge in [0.05, 0.1) is 22.7 Å². The Morgan fingerprint density at radius 1 is 1.19 bits per heavy atom. The molecule has 1 N–H and O–H groups in total. The zero-order valence-corrected chi connectivity index (χ0v) is 14.3. The Kier molecular flexibility index (Phi) is 5.13. The van der Waals surface area contributed by atoms with Crippen molar-refractivity contribution < 1.29 is 13.2 Å². The number of methoxy groups -OCH3 is 1. The van der Waals surface area contributed by atoms with Gasteiger partial charge in [-0.15, -0.1) is 0 Å². The van der Waals surface area contributed by atoms with E-state index < -0.39 is 10.0 Å². The van der Waals surface area contributed by atoms with Crippen LogP contribution in [-0.4, -0.2) is 15.5 Å². The average Bonchev–Trinajstić information content (AvgIpc) is 2.47. The fourth-order valence-electron chi connectivity index (χ4n) is 1.70. The number of alkyl halides is 1. The van der Waals surface area contributed by atoms with Gasteiger partial charge in [-0.3, -0.25) is 4.72 Å². The molecule has 0 saturated heterocycles. The van der Waals surface area contributed by atoms with E-state index in [-0.39, 0.29) is 4.90 Å². The molecule has 112 valence electrons. The molecule has 0 atom stereocenters. The van der Waals surface area contributed by atoms with Crippen LogP contribution >= 0.6 is 27.5 Å². The summed E-state index contributed by atoms with van der Waals surface area (Å²) in [6.07, 6.45) is 0. The number of hydrogen-bond acceptors (Lipinski definition) is 3. The molecule has 0 aliphatic rings. The van der Waals surface area contributed by atoms with Crippen molar-refractivity contribution in [3.05, 3.63) is 53.1 Å². The smallest absolute Gasteiger partial charge is 0.261 e. The summed E-state index contributed by atoms with van der Waals surface area (Å²) < 4.78 is 32.1. The van der Waals surface area contributed by atoms with E-state index in [0.29, 0.717) is 21.8 Å². The van der Waals surface area contributed by atoms with Gasteiger partial charge in [0.15, 0.2) is 0 Å². The fraction of sp³-hybridized carbons (Fsp3) is 0.143. The topological polar surface area (TPSA) is 55.4 Å². The Morgan fingerprint density at radius 2 is 1.86 bits per heavy atom. The van der Waals surface area contributed by atoms with E-state index >= 15 is 0 Å². The summed E-state index contributed by atoms with van der Waals surface area (Å²) in [5.74, 6) is 0.487. The van der Waals surface area contributed by atoms with Crippen LogP contribution in [0.1, 0.15) is 5.56 Å². The van der Waals surface area contributed by atoms with E-state index in [4.69, 9.17) is 16.3 Å². The quantitative estimate of drug-likeness (QED) is 0.784. The van der Waals surface area contributed by atoms with Gasteiger partial charge >= 0.3 is 0 Å². The van der Waals surface area contributed by atoms with Crippen molar-refractivity contribution in [1.82, 2.24) is 0 Å². The number of sulfonamides is 1. The molecule has 2 aromatic rings. The highest BCUT2D eigenvalue weighted by molar-refractivity contribution is 9.08. The molecule has 7 heteroatoms. The third-order valence-corrected chi connectivity index (χ3v) is 5.13. The van der Waals surface area contributed by atoms with Gasteiger partial charge in [0.2, 0.25) is 0 Å². The van der Waals surface area contributed by atoms with Crippen molar-refractivity contribution in [3.63, 3.8) is 0 Å². The molecule has 0 spiro atoms. The molecule has 0 aliphatic heterocycles. The maximum atomic E-state index is 12.3. The number of rotatable bonds is 5. The van der Waals surface area contributed by atoms with E-state index in [2.05, 4.69) is 20.7 Å². The lowest BCUT2D eigenvalue weighted by Crippen LogP contribution is -2.12. The third kappa shape index (κ3) is 3.90. The zero-order chi connectivity index (χ0) is 15.5. The first-order valence-corrected chi connectivity index (χ1v) is 8.96. The molecule has 0 radical (unpaired) electrons. The lowest BCUT2D eigenvalue weighted by Gasteiger charge is -2.10. The van der Waals surface area contributed by atoms with Gasteiger partial charge in [0, 0.05) is 5.33 Å². The number of anilines is 1. The van der Waals surface area contributed by atoms with Gasteiger partial charge in [-0.25, -0.2) is 8.42 Å². The molecular formula is C14H13BrClNO3S. The molecule has 0 unspecified atom stereocenters. The van der Waals surface area contributed by atoms with Crippen molar-refractivity contribution in [3.8, 4) is 5.75 Å². The van der Waals surface area contributed by atoms with Crippen molar-refractivity contribution in [1.29, 1.82) is 0 Å². The normalized spacial score (nSPS) is 11.2. The standard InChI is InChI=1S/C14H13BrClNO3S/c1-20-14-7-4-11(8-13(14)16)17-21(18,19)12-5-2-10(9-15)3-6-12/h2-8,17H,9H2,1H3. The lowest BCUT2D eigenvalue weighted by molar-refractivity contribution is 0.415. The van der Waals surface area contributed by atoms with Gasteiger partial charge in [0.1, 0.15) is 5.75 Å². The monoisotopic (exact) mass is 389 g/mol. The molecule has 0 fully saturated rings. The highest BCUT2D eigenvalue weighted by Crippen LogP contribution is 2.28. The molecule has 0 amide bonds. The van der Waals surface area contributed by atoms with Crippen LogP contribution in [-0.2, 0) is 15.4 Å². The predicted octanol–water partition coefficient (Wildman–Crippen LogP) is 4.04. The molecular weight excluding hydrogens is 378 g/mol. The molecule has 4 nitrogen and oxygen atoms in total. The Bertz CT molecular complexity index is 732. The first-order chi connectivity index (χ1) is 9.96. The molecule has 0 aliphatic carbocycles. The number of halogens is 2. The van der Waals surface area contributed by atoms with Crippen LogP contribution in [0.5, 0.6) is 5.75 Å². The largest absolute Gasteiger partial charge is 0.495 e. The van der Waals surface area contributed by atoms with Gasteiger partial charge in [0.25, 0.3) is 10.0 Å². The fourth-order valence-corrected chi connectivity index (χ4v) is 3.38. The van der Waals surface area contributed by atoms with E-state index in [0.717, 1.165) is 5.56 Å². The SMILES string of the molecule is COc1ccc(NS(=O)(=O)c2ccc(CBr)cc2)cc1Cl. The Hall–Kier alpha value is -1.24. The molecule has 2 rings (SSSR count). The minimum absolute atomic E-state index is 0.194. The van der Waals surface area contributed by atoms with E-state index in [9.17, 15) is 8.42 Å². The molecule has 0 saturated carbocycles. The van der Waals surface area contributed by atoms with E-state index in [1.807, 2.05) is 0 Å². The first-order valence-electron chi connectivity index (χ1n) is 5.97. The molecule has 0 bridgehead atoms. The highest BCUT2D eigenvalue weighted by Gasteiger charge is 2.14. The van der Waals surface area contributed by atoms with Crippen LogP contribution in [0.3, 0.4) is 0 Å². The third-order valence-electron chi connectivity index (χ3n) is 2.79. The second kappa shape index (κ2) is 6.68. The zero-order valence-electron chi connectivity index (χ0n) is 11.1. The van der Waals surface area contributed by atoms with E-state index in [1.165, 1.54) is 13.2 Å². The summed E-state index contributed by atoms with van der Waals surface area (Å²) in [6, 6.07) is 11.3. The second-order valence-corrected chi connectivity index (χ2v) is 6.88. The maximum Gasteiger partial charge on any atom is 0.261 e. The number of hydrogen-bond donors (Lipinski definition) is 1. The summed E-state index contributed by atoms with van der Waals surface area (Å²) in [6.45, 7) is 0. The predicted molar refractivity (Wildman–Crippen MR) is 87.9 cm³/mol.